The molecule has 2 N–H and O–H groups in total. The lowest BCUT2D eigenvalue weighted by atomic mass is 10.0. The quantitative estimate of drug-likeness (QED) is 0.748. The van der Waals surface area contributed by atoms with Gasteiger partial charge in [0, 0.05) is 37.5 Å². The fraction of sp³-hybridized carbons (Fsp3) is 0.222. The molecule has 3 rings (SSSR count). The van der Waals surface area contributed by atoms with Crippen molar-refractivity contribution in [1.29, 1.82) is 0 Å². The van der Waals surface area contributed by atoms with Crippen LogP contribution in [0.3, 0.4) is 0 Å². The number of hydrogen-bond acceptors (Lipinski definition) is 5. The number of nitrogens with one attached hydrogen (secondary N) is 2. The molecule has 0 aliphatic carbocycles. The predicted octanol–water partition coefficient (Wildman–Crippen LogP) is 1.40. The smallest absolute Gasteiger partial charge is 0.264 e. The Morgan fingerprint density at radius 1 is 1.19 bits per heavy atom. The van der Waals surface area contributed by atoms with Crippen LogP contribution in [0.25, 0.3) is 0 Å². The second-order valence-corrected chi connectivity index (χ2v) is 5.75. The summed E-state index contributed by atoms with van der Waals surface area (Å²) in [7, 11) is 0. The van der Waals surface area contributed by atoms with Gasteiger partial charge in [-0.2, -0.15) is 0 Å². The van der Waals surface area contributed by atoms with E-state index in [4.69, 9.17) is 4.84 Å². The maximum atomic E-state index is 13.8. The number of rotatable bonds is 6. The second-order valence-electron chi connectivity index (χ2n) is 5.75. The van der Waals surface area contributed by atoms with E-state index in [2.05, 4.69) is 20.8 Å². The van der Waals surface area contributed by atoms with Gasteiger partial charge < -0.3 is 15.5 Å². The van der Waals surface area contributed by atoms with Crippen LogP contribution < -0.4 is 10.6 Å². The van der Waals surface area contributed by atoms with E-state index in [0.717, 1.165) is 18.2 Å². The standard InChI is InChI=1S/C18H16F2N4O3/c19-12-3-4-14(20)13(8-12)15-9-16(27-24-15)18(26)23-7-6-22-17(25)11-2-1-5-21-10-11/h1-5,8,10,16H,6-7,9H2,(H,22,25)(H,23,26). The van der Waals surface area contributed by atoms with Gasteiger partial charge in [0.1, 0.15) is 11.6 Å². The Morgan fingerprint density at radius 2 is 2.00 bits per heavy atom. The topological polar surface area (TPSA) is 92.7 Å². The summed E-state index contributed by atoms with van der Waals surface area (Å²) in [6.07, 6.45) is 2.08. The number of halogens is 2. The molecule has 1 aliphatic rings. The van der Waals surface area contributed by atoms with Crippen LogP contribution in [-0.2, 0) is 9.63 Å². The number of pyridine rings is 1. The normalized spacial score (nSPS) is 15.6. The Kier molecular flexibility index (Phi) is 5.70. The maximum absolute atomic E-state index is 13.8. The Morgan fingerprint density at radius 3 is 2.78 bits per heavy atom. The number of hydrogen-bond donors (Lipinski definition) is 2. The Bertz CT molecular complexity index is 874. The average Bonchev–Trinajstić information content (AvgIpc) is 3.17. The molecule has 27 heavy (non-hydrogen) atoms. The fourth-order valence-electron chi connectivity index (χ4n) is 2.47. The van der Waals surface area contributed by atoms with Gasteiger partial charge in [-0.15, -0.1) is 0 Å². The lowest BCUT2D eigenvalue weighted by Gasteiger charge is -2.10. The van der Waals surface area contributed by atoms with Crippen LogP contribution in [0, 0.1) is 11.6 Å². The third-order valence-electron chi connectivity index (χ3n) is 3.83. The highest BCUT2D eigenvalue weighted by Gasteiger charge is 2.30. The van der Waals surface area contributed by atoms with Crippen molar-refractivity contribution in [3.05, 3.63) is 65.5 Å². The molecule has 1 atom stereocenters. The number of carbonyl (C=O) groups excluding carboxylic acids is 2. The van der Waals surface area contributed by atoms with Gasteiger partial charge in [0.2, 0.25) is 6.10 Å². The zero-order valence-electron chi connectivity index (χ0n) is 14.1. The van der Waals surface area contributed by atoms with E-state index in [-0.39, 0.29) is 36.7 Å². The van der Waals surface area contributed by atoms with Crippen molar-refractivity contribution in [3.8, 4) is 0 Å². The first kappa shape index (κ1) is 18.4. The van der Waals surface area contributed by atoms with Gasteiger partial charge in [0.05, 0.1) is 11.3 Å². The summed E-state index contributed by atoms with van der Waals surface area (Å²) < 4.78 is 27.0. The van der Waals surface area contributed by atoms with Crippen molar-refractivity contribution < 1.29 is 23.2 Å². The highest BCUT2D eigenvalue weighted by atomic mass is 19.1. The highest BCUT2D eigenvalue weighted by molar-refractivity contribution is 6.04. The van der Waals surface area contributed by atoms with Crippen LogP contribution in [0.15, 0.2) is 47.9 Å². The van der Waals surface area contributed by atoms with Crippen LogP contribution in [-0.4, -0.2) is 41.7 Å². The summed E-state index contributed by atoms with van der Waals surface area (Å²) in [5.74, 6) is -2.01. The van der Waals surface area contributed by atoms with E-state index in [1.807, 2.05) is 0 Å². The first-order valence-electron chi connectivity index (χ1n) is 8.18. The highest BCUT2D eigenvalue weighted by Crippen LogP contribution is 2.20. The van der Waals surface area contributed by atoms with Gasteiger partial charge in [0.25, 0.3) is 11.8 Å². The molecular formula is C18H16F2N4O3. The molecule has 0 spiro atoms. The molecule has 0 fully saturated rings. The molecule has 2 heterocycles. The van der Waals surface area contributed by atoms with Gasteiger partial charge in [-0.25, -0.2) is 8.78 Å². The number of nitrogens with zero attached hydrogens (tertiary/aromatic N) is 2. The minimum atomic E-state index is -0.934. The molecular weight excluding hydrogens is 358 g/mol. The Balaban J connectivity index is 1.44. The molecule has 1 aromatic carbocycles. The molecule has 0 bridgehead atoms. The number of oxime groups is 1. The van der Waals surface area contributed by atoms with Gasteiger partial charge in [-0.05, 0) is 30.3 Å². The van der Waals surface area contributed by atoms with Crippen LogP contribution in [0.5, 0.6) is 0 Å². The SMILES string of the molecule is O=C(NCCNC(=O)C1CC(c2cc(F)ccc2F)=NO1)c1cccnc1. The fourth-order valence-corrected chi connectivity index (χ4v) is 2.47. The van der Waals surface area contributed by atoms with Crippen molar-refractivity contribution in [1.82, 2.24) is 15.6 Å². The van der Waals surface area contributed by atoms with Crippen LogP contribution in [0.2, 0.25) is 0 Å². The monoisotopic (exact) mass is 374 g/mol. The number of aromatic nitrogens is 1. The minimum Gasteiger partial charge on any atom is -0.382 e. The van der Waals surface area contributed by atoms with Gasteiger partial charge in [-0.3, -0.25) is 14.6 Å². The van der Waals surface area contributed by atoms with Gasteiger partial charge >= 0.3 is 0 Å². The number of carbonyl (C=O) groups is 2. The van der Waals surface area contributed by atoms with Crippen molar-refractivity contribution in [2.45, 2.75) is 12.5 Å². The summed E-state index contributed by atoms with van der Waals surface area (Å²) in [6, 6.07) is 6.27. The molecule has 1 unspecified atom stereocenters. The van der Waals surface area contributed by atoms with E-state index in [0.29, 0.717) is 5.56 Å². The van der Waals surface area contributed by atoms with E-state index in [1.54, 1.807) is 18.3 Å². The zero-order valence-corrected chi connectivity index (χ0v) is 14.1. The summed E-state index contributed by atoms with van der Waals surface area (Å²) in [4.78, 5) is 32.8. The van der Waals surface area contributed by atoms with Gasteiger partial charge in [-0.1, -0.05) is 5.16 Å². The molecule has 0 saturated carbocycles. The second kappa shape index (κ2) is 8.35. The maximum Gasteiger partial charge on any atom is 0.264 e. The van der Waals surface area contributed by atoms with E-state index in [9.17, 15) is 18.4 Å². The average molecular weight is 374 g/mol. The van der Waals surface area contributed by atoms with Crippen molar-refractivity contribution >= 4 is 17.5 Å². The third-order valence-corrected chi connectivity index (χ3v) is 3.83. The molecule has 2 aromatic rings. The van der Waals surface area contributed by atoms with Crippen LogP contribution in [0.1, 0.15) is 22.3 Å². The molecule has 9 heteroatoms. The summed E-state index contributed by atoms with van der Waals surface area (Å²) >= 11 is 0. The first-order chi connectivity index (χ1) is 13.0. The van der Waals surface area contributed by atoms with Crippen molar-refractivity contribution in [3.63, 3.8) is 0 Å². The van der Waals surface area contributed by atoms with Gasteiger partial charge in [0.15, 0.2) is 0 Å². The Labute approximate surface area is 153 Å². The van der Waals surface area contributed by atoms with Crippen molar-refractivity contribution in [2.24, 2.45) is 5.16 Å². The van der Waals surface area contributed by atoms with E-state index in [1.165, 1.54) is 6.20 Å². The zero-order chi connectivity index (χ0) is 19.2. The Hall–Kier alpha value is -3.36. The lowest BCUT2D eigenvalue weighted by molar-refractivity contribution is -0.131. The summed E-state index contributed by atoms with van der Waals surface area (Å²) in [6.45, 7) is 0.382. The number of benzene rings is 1. The molecule has 2 amide bonds. The predicted molar refractivity (Wildman–Crippen MR) is 92.0 cm³/mol. The third kappa shape index (κ3) is 4.63. The molecule has 140 valence electrons. The molecule has 1 aliphatic heterocycles. The summed E-state index contributed by atoms with van der Waals surface area (Å²) in [5.41, 5.74) is 0.546. The van der Waals surface area contributed by atoms with Crippen molar-refractivity contribution in [2.75, 3.05) is 13.1 Å². The number of amides is 2. The van der Waals surface area contributed by atoms with Crippen LogP contribution in [0.4, 0.5) is 8.78 Å². The van der Waals surface area contributed by atoms with Crippen LogP contribution >= 0.6 is 0 Å². The molecule has 0 saturated heterocycles. The summed E-state index contributed by atoms with van der Waals surface area (Å²) in [5, 5.41) is 8.91. The molecule has 7 nitrogen and oxygen atoms in total. The van der Waals surface area contributed by atoms with E-state index < -0.39 is 23.6 Å². The largest absolute Gasteiger partial charge is 0.382 e. The minimum absolute atomic E-state index is 0.0221. The molecule has 0 radical (unpaired) electrons. The molecule has 1 aromatic heterocycles. The lowest BCUT2D eigenvalue weighted by Crippen LogP contribution is -2.39. The van der Waals surface area contributed by atoms with E-state index >= 15 is 0 Å². The first-order valence-corrected chi connectivity index (χ1v) is 8.18.